The quantitative estimate of drug-likeness (QED) is 0.0792. The molecule has 3 aromatic rings. The van der Waals surface area contributed by atoms with Crippen LogP contribution in [-0.2, 0) is 25.1 Å². The van der Waals surface area contributed by atoms with E-state index in [0.717, 1.165) is 55.4 Å². The molecular formula is C42H59NO5Si. The first-order valence-electron chi connectivity index (χ1n) is 17.9. The summed E-state index contributed by atoms with van der Waals surface area (Å²) in [5.74, 6) is 0.795. The van der Waals surface area contributed by atoms with Gasteiger partial charge in [0.2, 0.25) is 5.91 Å². The average Bonchev–Trinajstić information content (AvgIpc) is 3.49. The Morgan fingerprint density at radius 1 is 0.837 bits per heavy atom. The van der Waals surface area contributed by atoms with Gasteiger partial charge in [-0.15, -0.1) is 0 Å². The van der Waals surface area contributed by atoms with Crippen molar-refractivity contribution in [2.24, 2.45) is 11.8 Å². The Morgan fingerprint density at radius 3 is 1.90 bits per heavy atom. The van der Waals surface area contributed by atoms with Gasteiger partial charge in [-0.3, -0.25) is 4.79 Å². The van der Waals surface area contributed by atoms with E-state index in [4.69, 9.17) is 18.6 Å². The molecule has 0 unspecified atom stereocenters. The van der Waals surface area contributed by atoms with Gasteiger partial charge >= 0.3 is 0 Å². The van der Waals surface area contributed by atoms with Crippen molar-refractivity contribution < 1.29 is 23.4 Å². The van der Waals surface area contributed by atoms with Crippen LogP contribution in [0, 0.1) is 11.8 Å². The van der Waals surface area contributed by atoms with E-state index in [9.17, 15) is 4.79 Å². The Morgan fingerprint density at radius 2 is 1.41 bits per heavy atom. The van der Waals surface area contributed by atoms with Gasteiger partial charge < -0.3 is 23.5 Å². The highest BCUT2D eigenvalue weighted by molar-refractivity contribution is 6.99. The Kier molecular flexibility index (Phi) is 14.3. The predicted octanol–water partition coefficient (Wildman–Crippen LogP) is 7.45. The van der Waals surface area contributed by atoms with E-state index in [2.05, 4.69) is 112 Å². The number of amides is 1. The second-order valence-corrected chi connectivity index (χ2v) is 19.0. The molecule has 4 atom stereocenters. The fraction of sp³-hybridized carbons (Fsp3) is 0.500. The summed E-state index contributed by atoms with van der Waals surface area (Å²) < 4.78 is 24.0. The minimum atomic E-state index is -2.66. The molecule has 1 heterocycles. The van der Waals surface area contributed by atoms with E-state index >= 15 is 0 Å². The number of ether oxygens (including phenoxy) is 3. The first-order valence-corrected chi connectivity index (χ1v) is 19.8. The molecule has 4 rings (SSSR count). The molecular weight excluding hydrogens is 627 g/mol. The van der Waals surface area contributed by atoms with E-state index in [-0.39, 0.29) is 34.9 Å². The van der Waals surface area contributed by atoms with Crippen molar-refractivity contribution in [3.8, 4) is 5.75 Å². The molecule has 1 aliphatic heterocycles. The molecule has 0 radical (unpaired) electrons. The summed E-state index contributed by atoms with van der Waals surface area (Å²) in [5.41, 5.74) is 2.20. The SMILES string of the molecule is C=C(C)[C@@H](CCCO[Si](c1ccccc1)(c1ccccc1)C(C)(C)C)[C@H](CCc1cccc(OC)c1)C(=O)N1[C@H](COC)CC[C@H]1COC. The Balaban J connectivity index is 1.62. The van der Waals surface area contributed by atoms with Gasteiger partial charge in [0, 0.05) is 26.7 Å². The van der Waals surface area contributed by atoms with Gasteiger partial charge in [-0.05, 0) is 84.5 Å². The normalized spacial score (nSPS) is 17.9. The smallest absolute Gasteiger partial charge is 0.261 e. The van der Waals surface area contributed by atoms with Gasteiger partial charge in [0.25, 0.3) is 8.32 Å². The molecule has 1 amide bonds. The van der Waals surface area contributed by atoms with E-state index in [1.54, 1.807) is 21.3 Å². The molecule has 1 saturated heterocycles. The summed E-state index contributed by atoms with van der Waals surface area (Å²) >= 11 is 0. The second kappa shape index (κ2) is 18.1. The molecule has 1 fully saturated rings. The van der Waals surface area contributed by atoms with Gasteiger partial charge in [0.15, 0.2) is 0 Å². The number of carbonyl (C=O) groups is 1. The third kappa shape index (κ3) is 9.31. The zero-order valence-corrected chi connectivity index (χ0v) is 32.0. The number of carbonyl (C=O) groups excluding carboxylic acids is 1. The van der Waals surface area contributed by atoms with Crippen LogP contribution in [0.25, 0.3) is 0 Å². The maximum atomic E-state index is 14.8. The number of rotatable bonds is 18. The van der Waals surface area contributed by atoms with Crippen molar-refractivity contribution in [3.63, 3.8) is 0 Å². The topological polar surface area (TPSA) is 57.2 Å². The zero-order valence-electron chi connectivity index (χ0n) is 31.0. The third-order valence-electron chi connectivity index (χ3n) is 10.3. The van der Waals surface area contributed by atoms with Crippen LogP contribution >= 0.6 is 0 Å². The minimum absolute atomic E-state index is 0.00727. The van der Waals surface area contributed by atoms with Crippen LogP contribution in [-0.4, -0.2) is 72.4 Å². The van der Waals surface area contributed by atoms with E-state index in [1.807, 2.05) is 12.1 Å². The van der Waals surface area contributed by atoms with Crippen molar-refractivity contribution in [2.75, 3.05) is 41.2 Å². The number of hydrogen-bond acceptors (Lipinski definition) is 5. The monoisotopic (exact) mass is 685 g/mol. The molecule has 0 aliphatic carbocycles. The van der Waals surface area contributed by atoms with Gasteiger partial charge in [-0.2, -0.15) is 0 Å². The Labute approximate surface area is 296 Å². The third-order valence-corrected chi connectivity index (χ3v) is 15.3. The Hall–Kier alpha value is -3.23. The van der Waals surface area contributed by atoms with E-state index in [1.165, 1.54) is 10.4 Å². The van der Waals surface area contributed by atoms with Crippen LogP contribution in [0.15, 0.2) is 97.1 Å². The van der Waals surface area contributed by atoms with Crippen LogP contribution in [0.3, 0.4) is 0 Å². The standard InChI is InChI=1S/C42H59NO5Si/c1-32(2)39(23-16-28-48-49(42(3,4)5,37-19-11-9-12-20-37)38-21-13-10-14-22-38)40(27-24-33-17-15-18-36(29-33)47-8)41(44)43-34(30-45-6)25-26-35(43)31-46-7/h9-15,17-22,29,34-35,39-40H,1,16,23-28,30-31H2,2-8H3/t34-,35-,39+,40-/m0/s1. The molecule has 0 saturated carbocycles. The maximum absolute atomic E-state index is 14.8. The lowest BCUT2D eigenvalue weighted by molar-refractivity contribution is -0.142. The van der Waals surface area contributed by atoms with Gasteiger partial charge in [0.1, 0.15) is 5.75 Å². The molecule has 49 heavy (non-hydrogen) atoms. The van der Waals surface area contributed by atoms with Gasteiger partial charge in [-0.1, -0.05) is 106 Å². The highest BCUT2D eigenvalue weighted by Crippen LogP contribution is 2.38. The zero-order chi connectivity index (χ0) is 35.4. The molecule has 0 aromatic heterocycles. The van der Waals surface area contributed by atoms with Crippen LogP contribution < -0.4 is 15.1 Å². The number of benzene rings is 3. The number of hydrogen-bond donors (Lipinski definition) is 0. The van der Waals surface area contributed by atoms with Crippen molar-refractivity contribution in [1.29, 1.82) is 0 Å². The molecule has 0 bridgehead atoms. The summed E-state index contributed by atoms with van der Waals surface area (Å²) in [7, 11) is 2.46. The fourth-order valence-corrected chi connectivity index (χ4v) is 12.6. The summed E-state index contributed by atoms with van der Waals surface area (Å²) in [6, 6.07) is 29.8. The van der Waals surface area contributed by atoms with Crippen LogP contribution in [0.5, 0.6) is 5.75 Å². The van der Waals surface area contributed by atoms with E-state index < -0.39 is 8.32 Å². The molecule has 7 heteroatoms. The molecule has 266 valence electrons. The van der Waals surface area contributed by atoms with Crippen molar-refractivity contribution in [2.45, 2.75) is 83.3 Å². The summed E-state index contributed by atoms with van der Waals surface area (Å²) in [6.07, 6.45) is 4.97. The fourth-order valence-electron chi connectivity index (χ4n) is 7.95. The number of aryl methyl sites for hydroxylation is 1. The highest BCUT2D eigenvalue weighted by Gasteiger charge is 2.50. The first-order chi connectivity index (χ1) is 23.6. The lowest BCUT2D eigenvalue weighted by atomic mass is 9.79. The summed E-state index contributed by atoms with van der Waals surface area (Å²) in [4.78, 5) is 16.9. The number of methoxy groups -OCH3 is 3. The molecule has 1 aliphatic rings. The van der Waals surface area contributed by atoms with Crippen molar-refractivity contribution >= 4 is 24.6 Å². The second-order valence-electron chi connectivity index (χ2n) is 14.6. The van der Waals surface area contributed by atoms with Crippen molar-refractivity contribution in [3.05, 3.63) is 103 Å². The highest BCUT2D eigenvalue weighted by atomic mass is 28.4. The lowest BCUT2D eigenvalue weighted by Crippen LogP contribution is -2.66. The maximum Gasteiger partial charge on any atom is 0.261 e. The molecule has 6 nitrogen and oxygen atoms in total. The number of allylic oxidation sites excluding steroid dienone is 1. The molecule has 3 aromatic carbocycles. The average molecular weight is 686 g/mol. The van der Waals surface area contributed by atoms with Crippen LogP contribution in [0.1, 0.15) is 65.4 Å². The molecule has 0 spiro atoms. The largest absolute Gasteiger partial charge is 0.497 e. The van der Waals surface area contributed by atoms with Crippen LogP contribution in [0.4, 0.5) is 0 Å². The first kappa shape index (κ1) is 38.6. The van der Waals surface area contributed by atoms with Gasteiger partial charge in [0.05, 0.1) is 32.4 Å². The summed E-state index contributed by atoms with van der Waals surface area (Å²) in [5, 5.41) is 2.46. The summed E-state index contributed by atoms with van der Waals surface area (Å²) in [6.45, 7) is 15.1. The number of likely N-dealkylation sites (tertiary alicyclic amines) is 1. The number of nitrogens with zero attached hydrogens (tertiary/aromatic N) is 1. The van der Waals surface area contributed by atoms with Crippen LogP contribution in [0.2, 0.25) is 5.04 Å². The molecule has 0 N–H and O–H groups in total. The lowest BCUT2D eigenvalue weighted by Gasteiger charge is -2.43. The van der Waals surface area contributed by atoms with Crippen molar-refractivity contribution in [1.82, 2.24) is 4.90 Å². The predicted molar refractivity (Wildman–Crippen MR) is 203 cm³/mol. The Bertz CT molecular complexity index is 1400. The van der Waals surface area contributed by atoms with Gasteiger partial charge in [-0.25, -0.2) is 0 Å². The minimum Gasteiger partial charge on any atom is -0.497 e. The van der Waals surface area contributed by atoms with E-state index in [0.29, 0.717) is 19.8 Å².